The molecule has 1 N–H and O–H groups in total. The van der Waals surface area contributed by atoms with Crippen LogP contribution >= 0.6 is 0 Å². The molecule has 0 heterocycles. The first-order valence-electron chi connectivity index (χ1n) is 4.61. The Balaban J connectivity index is 2.50. The van der Waals surface area contributed by atoms with Gasteiger partial charge in [0.05, 0.1) is 5.92 Å². The van der Waals surface area contributed by atoms with E-state index in [0.29, 0.717) is 0 Å². The summed E-state index contributed by atoms with van der Waals surface area (Å²) in [7, 11) is 0. The quantitative estimate of drug-likeness (QED) is 0.482. The Morgan fingerprint density at radius 3 is 2.83 bits per heavy atom. The number of aliphatic carboxylic acids is 1. The highest BCUT2D eigenvalue weighted by molar-refractivity contribution is 5.69. The lowest BCUT2D eigenvalue weighted by Gasteiger charge is -2.05. The fourth-order valence-corrected chi connectivity index (χ4v) is 1.74. The fourth-order valence-electron chi connectivity index (χ4n) is 1.74. The molecule has 0 aliphatic heterocycles. The van der Waals surface area contributed by atoms with E-state index in [-0.39, 0.29) is 5.92 Å². The summed E-state index contributed by atoms with van der Waals surface area (Å²) in [6.45, 7) is 2.04. The summed E-state index contributed by atoms with van der Waals surface area (Å²) in [6.07, 6.45) is 6.93. The standard InChI is InChI=1S/C10H16O2/c1-2-8-4-3-5-9(7-6-8)10(11)12/h2,9H,3-7H2,1H3,(H,11,12)/b8-2-. The molecule has 0 radical (unpaired) electrons. The third-order valence-corrected chi connectivity index (χ3v) is 2.62. The van der Waals surface area contributed by atoms with Crippen LogP contribution < -0.4 is 0 Å². The third kappa shape index (κ3) is 2.36. The zero-order chi connectivity index (χ0) is 8.97. The second kappa shape index (κ2) is 4.29. The van der Waals surface area contributed by atoms with Crippen molar-refractivity contribution in [3.05, 3.63) is 11.6 Å². The molecule has 0 amide bonds. The molecule has 0 aromatic rings. The molecule has 0 bridgehead atoms. The van der Waals surface area contributed by atoms with Crippen LogP contribution in [0.4, 0.5) is 0 Å². The molecule has 2 nitrogen and oxygen atoms in total. The van der Waals surface area contributed by atoms with E-state index in [9.17, 15) is 4.79 Å². The molecule has 0 spiro atoms. The maximum absolute atomic E-state index is 10.7. The van der Waals surface area contributed by atoms with Gasteiger partial charge in [0, 0.05) is 0 Å². The van der Waals surface area contributed by atoms with Gasteiger partial charge in [0.2, 0.25) is 0 Å². The number of carboxylic acid groups (broad SMARTS) is 1. The van der Waals surface area contributed by atoms with E-state index in [1.54, 1.807) is 0 Å². The summed E-state index contributed by atoms with van der Waals surface area (Å²) in [5.74, 6) is -0.713. The van der Waals surface area contributed by atoms with Gasteiger partial charge in [0.1, 0.15) is 0 Å². The Morgan fingerprint density at radius 1 is 1.50 bits per heavy atom. The lowest BCUT2D eigenvalue weighted by atomic mass is 10.0. The van der Waals surface area contributed by atoms with E-state index in [4.69, 9.17) is 5.11 Å². The average molecular weight is 168 g/mol. The van der Waals surface area contributed by atoms with Gasteiger partial charge in [0.15, 0.2) is 0 Å². The largest absolute Gasteiger partial charge is 0.481 e. The summed E-state index contributed by atoms with van der Waals surface area (Å²) >= 11 is 0. The van der Waals surface area contributed by atoms with Crippen molar-refractivity contribution in [2.45, 2.75) is 39.0 Å². The van der Waals surface area contributed by atoms with Crippen LogP contribution in [-0.4, -0.2) is 11.1 Å². The lowest BCUT2D eigenvalue weighted by molar-refractivity contribution is -0.142. The molecule has 1 aliphatic carbocycles. The van der Waals surface area contributed by atoms with E-state index in [2.05, 4.69) is 6.08 Å². The molecule has 1 fully saturated rings. The van der Waals surface area contributed by atoms with Crippen molar-refractivity contribution in [1.82, 2.24) is 0 Å². The predicted octanol–water partition coefficient (Wildman–Crippen LogP) is 2.60. The number of hydrogen-bond acceptors (Lipinski definition) is 1. The van der Waals surface area contributed by atoms with Crippen LogP contribution in [0.2, 0.25) is 0 Å². The second-order valence-electron chi connectivity index (χ2n) is 3.41. The molecular weight excluding hydrogens is 152 g/mol. The Labute approximate surface area is 73.3 Å². The van der Waals surface area contributed by atoms with Crippen molar-refractivity contribution >= 4 is 5.97 Å². The third-order valence-electron chi connectivity index (χ3n) is 2.62. The highest BCUT2D eigenvalue weighted by atomic mass is 16.4. The van der Waals surface area contributed by atoms with Crippen LogP contribution in [0.3, 0.4) is 0 Å². The minimum Gasteiger partial charge on any atom is -0.481 e. The van der Waals surface area contributed by atoms with Gasteiger partial charge < -0.3 is 5.11 Å². The minimum atomic E-state index is -0.618. The highest BCUT2D eigenvalue weighted by Crippen LogP contribution is 2.26. The smallest absolute Gasteiger partial charge is 0.306 e. The summed E-state index contributed by atoms with van der Waals surface area (Å²) in [5.41, 5.74) is 1.43. The maximum atomic E-state index is 10.7. The second-order valence-corrected chi connectivity index (χ2v) is 3.41. The Hall–Kier alpha value is -0.790. The zero-order valence-electron chi connectivity index (χ0n) is 7.55. The first-order chi connectivity index (χ1) is 5.74. The van der Waals surface area contributed by atoms with Gasteiger partial charge in [-0.3, -0.25) is 4.79 Å². The molecule has 2 heteroatoms. The molecule has 1 rings (SSSR count). The monoisotopic (exact) mass is 168 g/mol. The van der Waals surface area contributed by atoms with Crippen molar-refractivity contribution < 1.29 is 9.90 Å². The average Bonchev–Trinajstić information content (AvgIpc) is 2.28. The van der Waals surface area contributed by atoms with Gasteiger partial charge in [-0.2, -0.15) is 0 Å². The SMILES string of the molecule is C/C=C1/CCCC(C(=O)O)CC1. The van der Waals surface area contributed by atoms with Gasteiger partial charge in [-0.15, -0.1) is 0 Å². The molecule has 68 valence electrons. The molecule has 1 aliphatic rings. The first kappa shape index (κ1) is 9.30. The predicted molar refractivity (Wildman–Crippen MR) is 48.0 cm³/mol. The fraction of sp³-hybridized carbons (Fsp3) is 0.700. The summed E-state index contributed by atoms with van der Waals surface area (Å²) in [5, 5.41) is 8.80. The van der Waals surface area contributed by atoms with Crippen LogP contribution in [-0.2, 0) is 4.79 Å². The van der Waals surface area contributed by atoms with Gasteiger partial charge in [0.25, 0.3) is 0 Å². The molecule has 0 aromatic heterocycles. The van der Waals surface area contributed by atoms with E-state index in [1.807, 2.05) is 6.92 Å². The van der Waals surface area contributed by atoms with Gasteiger partial charge in [-0.1, -0.05) is 11.6 Å². The van der Waals surface area contributed by atoms with Gasteiger partial charge in [-0.05, 0) is 39.0 Å². The van der Waals surface area contributed by atoms with E-state index < -0.39 is 5.97 Å². The number of allylic oxidation sites excluding steroid dienone is 2. The van der Waals surface area contributed by atoms with Crippen LogP contribution in [0.5, 0.6) is 0 Å². The number of rotatable bonds is 1. The zero-order valence-corrected chi connectivity index (χ0v) is 7.55. The topological polar surface area (TPSA) is 37.3 Å². The number of carbonyl (C=O) groups is 1. The molecule has 1 unspecified atom stereocenters. The van der Waals surface area contributed by atoms with Gasteiger partial charge in [-0.25, -0.2) is 0 Å². The Bertz CT molecular complexity index is 194. The number of hydrogen-bond donors (Lipinski definition) is 1. The summed E-state index contributed by atoms with van der Waals surface area (Å²) < 4.78 is 0. The van der Waals surface area contributed by atoms with Crippen molar-refractivity contribution in [3.63, 3.8) is 0 Å². The van der Waals surface area contributed by atoms with Crippen molar-refractivity contribution in [2.75, 3.05) is 0 Å². The Kier molecular flexibility index (Phi) is 3.32. The minimum absolute atomic E-state index is 0.0950. The maximum Gasteiger partial charge on any atom is 0.306 e. The Morgan fingerprint density at radius 2 is 2.25 bits per heavy atom. The molecule has 12 heavy (non-hydrogen) atoms. The molecule has 1 atom stereocenters. The van der Waals surface area contributed by atoms with Crippen molar-refractivity contribution in [2.24, 2.45) is 5.92 Å². The van der Waals surface area contributed by atoms with Crippen LogP contribution in [0.15, 0.2) is 11.6 Å². The summed E-state index contributed by atoms with van der Waals surface area (Å²) in [6, 6.07) is 0. The molecule has 0 aromatic carbocycles. The molecule has 1 saturated carbocycles. The van der Waals surface area contributed by atoms with Crippen molar-refractivity contribution in [3.8, 4) is 0 Å². The van der Waals surface area contributed by atoms with Crippen molar-refractivity contribution in [1.29, 1.82) is 0 Å². The number of carboxylic acids is 1. The molecular formula is C10H16O2. The van der Waals surface area contributed by atoms with E-state index >= 15 is 0 Å². The normalized spacial score (nSPS) is 28.4. The van der Waals surface area contributed by atoms with Crippen LogP contribution in [0.1, 0.15) is 39.0 Å². The summed E-state index contributed by atoms with van der Waals surface area (Å²) in [4.78, 5) is 10.7. The van der Waals surface area contributed by atoms with Crippen LogP contribution in [0, 0.1) is 5.92 Å². The van der Waals surface area contributed by atoms with E-state index in [1.165, 1.54) is 5.57 Å². The van der Waals surface area contributed by atoms with E-state index in [0.717, 1.165) is 32.1 Å². The molecule has 0 saturated heterocycles. The first-order valence-corrected chi connectivity index (χ1v) is 4.61. The van der Waals surface area contributed by atoms with Crippen LogP contribution in [0.25, 0.3) is 0 Å². The lowest BCUT2D eigenvalue weighted by Crippen LogP contribution is -2.11. The van der Waals surface area contributed by atoms with Gasteiger partial charge >= 0.3 is 5.97 Å². The highest BCUT2D eigenvalue weighted by Gasteiger charge is 2.19.